The second-order valence-corrected chi connectivity index (χ2v) is 4.02. The molecule has 0 aromatic carbocycles. The molecule has 1 aromatic rings. The quantitative estimate of drug-likeness (QED) is 0.757. The van der Waals surface area contributed by atoms with Crippen molar-refractivity contribution in [3.8, 4) is 0 Å². The molecule has 1 aromatic heterocycles. The minimum absolute atomic E-state index is 0.201. The molecule has 0 spiro atoms. The Kier molecular flexibility index (Phi) is 2.03. The van der Waals surface area contributed by atoms with Gasteiger partial charge >= 0.3 is 0 Å². The van der Waals surface area contributed by atoms with E-state index in [4.69, 9.17) is 4.74 Å². The zero-order chi connectivity index (χ0) is 9.38. The fraction of sp³-hybridized carbons (Fsp3) is 0.700. The first-order valence-electron chi connectivity index (χ1n) is 5.29. The molecule has 76 valence electrons. The number of aromatic nitrogens is 2. The second kappa shape index (κ2) is 3.37. The average Bonchev–Trinajstić information content (AvgIpc) is 2.98. The van der Waals surface area contributed by atoms with Gasteiger partial charge in [-0.15, -0.1) is 0 Å². The zero-order valence-electron chi connectivity index (χ0n) is 8.15. The number of nitrogens with zero attached hydrogens (tertiary/aromatic N) is 2. The van der Waals surface area contributed by atoms with Crippen molar-refractivity contribution in [1.82, 2.24) is 14.9 Å². The molecule has 1 N–H and O–H groups in total. The molecule has 1 saturated carbocycles. The van der Waals surface area contributed by atoms with Crippen molar-refractivity contribution in [3.63, 3.8) is 0 Å². The maximum absolute atomic E-state index is 5.72. The van der Waals surface area contributed by atoms with Crippen molar-refractivity contribution in [1.29, 1.82) is 0 Å². The third kappa shape index (κ3) is 1.44. The van der Waals surface area contributed by atoms with Gasteiger partial charge < -0.3 is 14.6 Å². The Morgan fingerprint density at radius 1 is 1.50 bits per heavy atom. The lowest BCUT2D eigenvalue weighted by atomic mass is 10.2. The highest BCUT2D eigenvalue weighted by atomic mass is 16.5. The van der Waals surface area contributed by atoms with E-state index in [2.05, 4.69) is 14.9 Å². The summed E-state index contributed by atoms with van der Waals surface area (Å²) in [6.45, 7) is 2.69. The molecule has 1 unspecified atom stereocenters. The normalized spacial score (nSPS) is 27.9. The average molecular weight is 193 g/mol. The zero-order valence-corrected chi connectivity index (χ0v) is 8.15. The Bertz CT molecular complexity index is 313. The van der Waals surface area contributed by atoms with Gasteiger partial charge in [0.15, 0.2) is 0 Å². The van der Waals surface area contributed by atoms with Crippen molar-refractivity contribution >= 4 is 0 Å². The van der Waals surface area contributed by atoms with Gasteiger partial charge in [0.25, 0.3) is 0 Å². The van der Waals surface area contributed by atoms with Crippen molar-refractivity contribution in [2.24, 2.45) is 0 Å². The number of hydrogen-bond donors (Lipinski definition) is 1. The van der Waals surface area contributed by atoms with Crippen LogP contribution >= 0.6 is 0 Å². The van der Waals surface area contributed by atoms with E-state index in [0.717, 1.165) is 19.7 Å². The monoisotopic (exact) mass is 193 g/mol. The van der Waals surface area contributed by atoms with E-state index in [1.165, 1.54) is 18.5 Å². The smallest absolute Gasteiger partial charge is 0.111 e. The van der Waals surface area contributed by atoms with E-state index < -0.39 is 0 Å². The number of rotatable bonds is 2. The predicted octanol–water partition coefficient (Wildman–Crippen LogP) is 0.879. The van der Waals surface area contributed by atoms with Crippen LogP contribution in [0.3, 0.4) is 0 Å². The molecule has 4 heteroatoms. The lowest BCUT2D eigenvalue weighted by Crippen LogP contribution is -2.34. The summed E-state index contributed by atoms with van der Waals surface area (Å²) in [7, 11) is 0. The Balaban J connectivity index is 1.82. The van der Waals surface area contributed by atoms with E-state index in [-0.39, 0.29) is 6.10 Å². The summed E-state index contributed by atoms with van der Waals surface area (Å²) < 4.78 is 7.99. The van der Waals surface area contributed by atoms with Crippen LogP contribution in [-0.4, -0.2) is 29.2 Å². The first kappa shape index (κ1) is 8.44. The van der Waals surface area contributed by atoms with Crippen LogP contribution in [-0.2, 0) is 4.74 Å². The standard InChI is InChI=1S/C10H15N3O/c1-2-8(1)13-7-12-5-9(13)10-6-11-3-4-14-10/h5,7-8,10-11H,1-4,6H2. The topological polar surface area (TPSA) is 39.1 Å². The molecule has 2 heterocycles. The van der Waals surface area contributed by atoms with Gasteiger partial charge in [0.1, 0.15) is 6.10 Å². The maximum atomic E-state index is 5.72. The molecule has 0 radical (unpaired) electrons. The van der Waals surface area contributed by atoms with Gasteiger partial charge in [0, 0.05) is 19.1 Å². The highest BCUT2D eigenvalue weighted by Gasteiger charge is 2.28. The van der Waals surface area contributed by atoms with Crippen molar-refractivity contribution in [2.75, 3.05) is 19.7 Å². The van der Waals surface area contributed by atoms with Crippen LogP contribution in [0, 0.1) is 0 Å². The molecule has 1 aliphatic carbocycles. The van der Waals surface area contributed by atoms with Gasteiger partial charge in [0.2, 0.25) is 0 Å². The summed E-state index contributed by atoms with van der Waals surface area (Å²) >= 11 is 0. The Morgan fingerprint density at radius 3 is 3.14 bits per heavy atom. The molecule has 14 heavy (non-hydrogen) atoms. The number of ether oxygens (including phenoxy) is 1. The maximum Gasteiger partial charge on any atom is 0.111 e. The second-order valence-electron chi connectivity index (χ2n) is 4.02. The lowest BCUT2D eigenvalue weighted by molar-refractivity contribution is 0.0227. The number of nitrogens with one attached hydrogen (secondary N) is 1. The summed E-state index contributed by atoms with van der Waals surface area (Å²) in [4.78, 5) is 4.21. The van der Waals surface area contributed by atoms with E-state index in [9.17, 15) is 0 Å². The first-order valence-corrected chi connectivity index (χ1v) is 5.29. The Hall–Kier alpha value is -0.870. The van der Waals surface area contributed by atoms with Crippen molar-refractivity contribution in [3.05, 3.63) is 18.2 Å². The number of hydrogen-bond acceptors (Lipinski definition) is 3. The largest absolute Gasteiger partial charge is 0.369 e. The first-order chi connectivity index (χ1) is 6.95. The number of morpholine rings is 1. The molecule has 1 aliphatic heterocycles. The lowest BCUT2D eigenvalue weighted by Gasteiger charge is -2.24. The molecule has 1 atom stereocenters. The molecule has 0 amide bonds. The van der Waals surface area contributed by atoms with Crippen LogP contribution in [0.5, 0.6) is 0 Å². The van der Waals surface area contributed by atoms with Gasteiger partial charge in [0.05, 0.1) is 24.8 Å². The fourth-order valence-corrected chi connectivity index (χ4v) is 1.98. The Morgan fingerprint density at radius 2 is 2.43 bits per heavy atom. The molecule has 4 nitrogen and oxygen atoms in total. The third-order valence-electron chi connectivity index (χ3n) is 2.89. The summed E-state index contributed by atoms with van der Waals surface area (Å²) in [5.41, 5.74) is 1.24. The van der Waals surface area contributed by atoms with Gasteiger partial charge in [-0.3, -0.25) is 0 Å². The minimum atomic E-state index is 0.201. The van der Waals surface area contributed by atoms with Crippen LogP contribution in [0.2, 0.25) is 0 Å². The predicted molar refractivity (Wildman–Crippen MR) is 52.1 cm³/mol. The van der Waals surface area contributed by atoms with E-state index in [0.29, 0.717) is 6.04 Å². The number of imidazole rings is 1. The van der Waals surface area contributed by atoms with E-state index >= 15 is 0 Å². The Labute approximate surface area is 83.3 Å². The molecule has 1 saturated heterocycles. The SMILES string of the molecule is c1ncn(C2CC2)c1C1CNCCO1. The van der Waals surface area contributed by atoms with Crippen LogP contribution in [0.1, 0.15) is 30.7 Å². The van der Waals surface area contributed by atoms with Crippen LogP contribution < -0.4 is 5.32 Å². The van der Waals surface area contributed by atoms with Crippen molar-refractivity contribution < 1.29 is 4.74 Å². The third-order valence-corrected chi connectivity index (χ3v) is 2.89. The molecule has 0 bridgehead atoms. The molecule has 2 aliphatic rings. The molecule has 2 fully saturated rings. The summed E-state index contributed by atoms with van der Waals surface area (Å²) in [5, 5.41) is 3.34. The summed E-state index contributed by atoms with van der Waals surface area (Å²) in [6, 6.07) is 0.693. The van der Waals surface area contributed by atoms with Gasteiger partial charge in [-0.2, -0.15) is 0 Å². The van der Waals surface area contributed by atoms with E-state index in [1.807, 2.05) is 12.5 Å². The highest BCUT2D eigenvalue weighted by molar-refractivity contribution is 5.08. The fourth-order valence-electron chi connectivity index (χ4n) is 1.98. The van der Waals surface area contributed by atoms with Gasteiger partial charge in [-0.25, -0.2) is 4.98 Å². The van der Waals surface area contributed by atoms with Crippen LogP contribution in [0.15, 0.2) is 12.5 Å². The molecule has 3 rings (SSSR count). The highest BCUT2D eigenvalue weighted by Crippen LogP contribution is 2.37. The van der Waals surface area contributed by atoms with Crippen LogP contribution in [0.25, 0.3) is 0 Å². The summed E-state index contributed by atoms with van der Waals surface area (Å²) in [5.74, 6) is 0. The van der Waals surface area contributed by atoms with E-state index in [1.54, 1.807) is 0 Å². The van der Waals surface area contributed by atoms with Gasteiger partial charge in [-0.1, -0.05) is 0 Å². The minimum Gasteiger partial charge on any atom is -0.369 e. The van der Waals surface area contributed by atoms with Gasteiger partial charge in [-0.05, 0) is 12.8 Å². The van der Waals surface area contributed by atoms with Crippen molar-refractivity contribution in [2.45, 2.75) is 25.0 Å². The summed E-state index contributed by atoms with van der Waals surface area (Å²) in [6.07, 6.45) is 6.67. The van der Waals surface area contributed by atoms with Crippen LogP contribution in [0.4, 0.5) is 0 Å². The molecular formula is C10H15N3O. The molecular weight excluding hydrogens is 178 g/mol.